The van der Waals surface area contributed by atoms with Gasteiger partial charge in [-0.2, -0.15) is 0 Å². The predicted octanol–water partition coefficient (Wildman–Crippen LogP) is 2.72. The second-order valence-corrected chi connectivity index (χ2v) is 5.15. The molecule has 2 aromatic rings. The van der Waals surface area contributed by atoms with Gasteiger partial charge in [-0.1, -0.05) is 11.6 Å². The quantitative estimate of drug-likeness (QED) is 0.755. The highest BCUT2D eigenvalue weighted by molar-refractivity contribution is 5.99. The predicted molar refractivity (Wildman–Crippen MR) is 72.8 cm³/mol. The Kier molecular flexibility index (Phi) is 2.62. The van der Waals surface area contributed by atoms with Crippen LogP contribution in [0.4, 0.5) is 0 Å². The Morgan fingerprint density at radius 1 is 1.17 bits per heavy atom. The van der Waals surface area contributed by atoms with E-state index in [4.69, 9.17) is 0 Å². The molecule has 0 bridgehead atoms. The third kappa shape index (κ3) is 1.70. The summed E-state index contributed by atoms with van der Waals surface area (Å²) in [4.78, 5) is 14.4. The fourth-order valence-corrected chi connectivity index (χ4v) is 2.76. The molecule has 3 nitrogen and oxygen atoms in total. The lowest BCUT2D eigenvalue weighted by molar-refractivity contribution is 0.0784. The lowest BCUT2D eigenvalue weighted by Crippen LogP contribution is -2.29. The maximum Gasteiger partial charge on any atom is 0.270 e. The van der Waals surface area contributed by atoms with Crippen LogP contribution >= 0.6 is 0 Å². The molecule has 18 heavy (non-hydrogen) atoms. The number of aromatic nitrogens is 1. The zero-order chi connectivity index (χ0) is 12.7. The molecule has 0 spiro atoms. The first-order chi connectivity index (χ1) is 8.66. The molecule has 1 aromatic heterocycles. The Balaban J connectivity index is 2.06. The molecule has 0 atom stereocenters. The summed E-state index contributed by atoms with van der Waals surface area (Å²) in [6.07, 6.45) is 2.27. The van der Waals surface area contributed by atoms with Crippen molar-refractivity contribution < 1.29 is 4.79 Å². The normalized spacial score (nSPS) is 15.6. The molecule has 1 aliphatic rings. The molecule has 0 N–H and O–H groups in total. The number of carbonyl (C=O) groups is 1. The summed E-state index contributed by atoms with van der Waals surface area (Å²) in [5.74, 6) is 0.170. The van der Waals surface area contributed by atoms with Crippen molar-refractivity contribution in [3.63, 3.8) is 0 Å². The second-order valence-electron chi connectivity index (χ2n) is 5.15. The van der Waals surface area contributed by atoms with E-state index in [1.54, 1.807) is 0 Å². The van der Waals surface area contributed by atoms with Gasteiger partial charge in [0.2, 0.25) is 0 Å². The molecule has 1 amide bonds. The minimum absolute atomic E-state index is 0.170. The lowest BCUT2D eigenvalue weighted by Gasteiger charge is -2.15. The summed E-state index contributed by atoms with van der Waals surface area (Å²) < 4.78 is 2.01. The smallest absolute Gasteiger partial charge is 0.270 e. The number of fused-ring (bicyclic) bond motifs is 1. The fraction of sp³-hybridized carbons (Fsp3) is 0.400. The minimum atomic E-state index is 0.170. The van der Waals surface area contributed by atoms with E-state index < -0.39 is 0 Å². The highest BCUT2D eigenvalue weighted by Gasteiger charge is 2.22. The molecule has 1 aliphatic heterocycles. The fourth-order valence-electron chi connectivity index (χ4n) is 2.76. The van der Waals surface area contributed by atoms with Gasteiger partial charge in [0.1, 0.15) is 5.69 Å². The first-order valence-electron chi connectivity index (χ1n) is 6.52. The summed E-state index contributed by atoms with van der Waals surface area (Å²) in [6.45, 7) is 3.88. The molecule has 1 fully saturated rings. The van der Waals surface area contributed by atoms with Crippen molar-refractivity contribution in [2.24, 2.45) is 7.05 Å². The minimum Gasteiger partial charge on any atom is -0.340 e. The Labute approximate surface area is 107 Å². The van der Waals surface area contributed by atoms with Crippen LogP contribution in [0.2, 0.25) is 0 Å². The molecule has 3 rings (SSSR count). The second kappa shape index (κ2) is 4.16. The molecule has 2 heterocycles. The molecule has 0 unspecified atom stereocenters. The third-order valence-electron chi connectivity index (χ3n) is 3.81. The number of hydrogen-bond acceptors (Lipinski definition) is 1. The van der Waals surface area contributed by atoms with Crippen molar-refractivity contribution in [1.29, 1.82) is 0 Å². The van der Waals surface area contributed by atoms with Crippen LogP contribution in [0.15, 0.2) is 24.3 Å². The maximum absolute atomic E-state index is 12.4. The van der Waals surface area contributed by atoms with Crippen LogP contribution in [-0.2, 0) is 7.05 Å². The van der Waals surface area contributed by atoms with Crippen molar-refractivity contribution in [2.45, 2.75) is 19.8 Å². The van der Waals surface area contributed by atoms with Gasteiger partial charge in [0.05, 0.1) is 0 Å². The average Bonchev–Trinajstić information content (AvgIpc) is 2.97. The van der Waals surface area contributed by atoms with Gasteiger partial charge in [-0.15, -0.1) is 0 Å². The van der Waals surface area contributed by atoms with Gasteiger partial charge in [-0.3, -0.25) is 4.79 Å². The van der Waals surface area contributed by atoms with Crippen molar-refractivity contribution in [3.05, 3.63) is 35.5 Å². The summed E-state index contributed by atoms with van der Waals surface area (Å²) in [7, 11) is 1.97. The van der Waals surface area contributed by atoms with Gasteiger partial charge in [0, 0.05) is 31.0 Å². The van der Waals surface area contributed by atoms with Gasteiger partial charge >= 0.3 is 0 Å². The van der Waals surface area contributed by atoms with Crippen LogP contribution in [0.5, 0.6) is 0 Å². The molecule has 0 saturated carbocycles. The molecule has 1 aromatic carbocycles. The van der Waals surface area contributed by atoms with Crippen LogP contribution in [0.3, 0.4) is 0 Å². The molecule has 0 aliphatic carbocycles. The molecular weight excluding hydrogens is 224 g/mol. The Bertz CT molecular complexity index is 606. The maximum atomic E-state index is 12.4. The van der Waals surface area contributed by atoms with Gasteiger partial charge in [0.25, 0.3) is 5.91 Å². The third-order valence-corrected chi connectivity index (χ3v) is 3.81. The van der Waals surface area contributed by atoms with E-state index in [0.717, 1.165) is 42.5 Å². The van der Waals surface area contributed by atoms with Crippen molar-refractivity contribution in [1.82, 2.24) is 9.47 Å². The number of rotatable bonds is 1. The number of aryl methyl sites for hydroxylation is 2. The lowest BCUT2D eigenvalue weighted by atomic mass is 10.2. The van der Waals surface area contributed by atoms with E-state index in [-0.39, 0.29) is 5.91 Å². The van der Waals surface area contributed by atoms with E-state index >= 15 is 0 Å². The van der Waals surface area contributed by atoms with Crippen molar-refractivity contribution in [2.75, 3.05) is 13.1 Å². The van der Waals surface area contributed by atoms with Crippen LogP contribution in [0.25, 0.3) is 10.9 Å². The first kappa shape index (κ1) is 11.3. The van der Waals surface area contributed by atoms with E-state index in [9.17, 15) is 4.79 Å². The van der Waals surface area contributed by atoms with Gasteiger partial charge in [-0.25, -0.2) is 0 Å². The Morgan fingerprint density at radius 3 is 2.61 bits per heavy atom. The number of amides is 1. The molecular formula is C15H18N2O. The van der Waals surface area contributed by atoms with E-state index in [2.05, 4.69) is 25.1 Å². The Morgan fingerprint density at radius 2 is 1.89 bits per heavy atom. The highest BCUT2D eigenvalue weighted by atomic mass is 16.2. The van der Waals surface area contributed by atoms with Crippen LogP contribution in [-0.4, -0.2) is 28.5 Å². The van der Waals surface area contributed by atoms with Gasteiger partial charge < -0.3 is 9.47 Å². The zero-order valence-electron chi connectivity index (χ0n) is 10.9. The van der Waals surface area contributed by atoms with Crippen LogP contribution in [0, 0.1) is 6.92 Å². The SMILES string of the molecule is Cc1ccc2c(c1)cc(C(=O)N1CCCC1)n2C. The van der Waals surface area contributed by atoms with Crippen LogP contribution in [0.1, 0.15) is 28.9 Å². The van der Waals surface area contributed by atoms with E-state index in [0.29, 0.717) is 0 Å². The molecule has 3 heteroatoms. The number of carbonyl (C=O) groups excluding carboxylic acids is 1. The van der Waals surface area contributed by atoms with E-state index in [1.807, 2.05) is 22.6 Å². The number of nitrogens with zero attached hydrogens (tertiary/aromatic N) is 2. The van der Waals surface area contributed by atoms with Crippen molar-refractivity contribution in [3.8, 4) is 0 Å². The van der Waals surface area contributed by atoms with Crippen LogP contribution < -0.4 is 0 Å². The van der Waals surface area contributed by atoms with Gasteiger partial charge in [0.15, 0.2) is 0 Å². The van der Waals surface area contributed by atoms with E-state index in [1.165, 1.54) is 5.56 Å². The molecule has 94 valence electrons. The van der Waals surface area contributed by atoms with Crippen molar-refractivity contribution >= 4 is 16.8 Å². The zero-order valence-corrected chi connectivity index (χ0v) is 10.9. The van der Waals surface area contributed by atoms with Gasteiger partial charge in [-0.05, 0) is 38.0 Å². The largest absolute Gasteiger partial charge is 0.340 e. The molecule has 0 radical (unpaired) electrons. The number of hydrogen-bond donors (Lipinski definition) is 0. The topological polar surface area (TPSA) is 25.2 Å². The number of benzene rings is 1. The first-order valence-corrected chi connectivity index (χ1v) is 6.52. The molecule has 1 saturated heterocycles. The Hall–Kier alpha value is -1.77. The summed E-state index contributed by atoms with van der Waals surface area (Å²) >= 11 is 0. The standard InChI is InChI=1S/C15H18N2O/c1-11-5-6-13-12(9-11)10-14(16(13)2)15(18)17-7-3-4-8-17/h5-6,9-10H,3-4,7-8H2,1-2H3. The highest BCUT2D eigenvalue weighted by Crippen LogP contribution is 2.22. The summed E-state index contributed by atoms with van der Waals surface area (Å²) in [5.41, 5.74) is 3.16. The average molecular weight is 242 g/mol. The summed E-state index contributed by atoms with van der Waals surface area (Å²) in [5, 5.41) is 1.15. The number of likely N-dealkylation sites (tertiary alicyclic amines) is 1. The summed E-state index contributed by atoms with van der Waals surface area (Å²) in [6, 6.07) is 8.33. The monoisotopic (exact) mass is 242 g/mol.